The van der Waals surface area contributed by atoms with E-state index in [1.807, 2.05) is 24.3 Å². The highest BCUT2D eigenvalue weighted by Crippen LogP contribution is 2.39. The van der Waals surface area contributed by atoms with E-state index in [2.05, 4.69) is 0 Å². The highest BCUT2D eigenvalue weighted by Gasteiger charge is 2.36. The van der Waals surface area contributed by atoms with Crippen molar-refractivity contribution in [1.29, 1.82) is 0 Å². The van der Waals surface area contributed by atoms with Crippen molar-refractivity contribution in [3.05, 3.63) is 35.4 Å². The van der Waals surface area contributed by atoms with E-state index in [0.717, 1.165) is 17.5 Å². The van der Waals surface area contributed by atoms with Crippen LogP contribution in [0.15, 0.2) is 24.3 Å². The van der Waals surface area contributed by atoms with Crippen LogP contribution in [0.2, 0.25) is 0 Å². The van der Waals surface area contributed by atoms with Crippen molar-refractivity contribution in [3.8, 4) is 0 Å². The van der Waals surface area contributed by atoms with Gasteiger partial charge in [-0.2, -0.15) is 0 Å². The zero-order chi connectivity index (χ0) is 10.9. The molecule has 0 aromatic heterocycles. The topological polar surface area (TPSA) is 57.5 Å². The maximum Gasteiger partial charge on any atom is 0.303 e. The number of aliphatic hydroxyl groups is 1. The fraction of sp³-hybridized carbons (Fsp3) is 0.417. The van der Waals surface area contributed by atoms with Crippen LogP contribution in [-0.4, -0.2) is 16.2 Å². The molecule has 1 aromatic carbocycles. The van der Waals surface area contributed by atoms with E-state index >= 15 is 0 Å². The molecule has 0 aliphatic heterocycles. The number of fused-ring (bicyclic) bond motifs is 1. The van der Waals surface area contributed by atoms with E-state index in [9.17, 15) is 9.90 Å². The second-order valence-electron chi connectivity index (χ2n) is 4.08. The fourth-order valence-electron chi connectivity index (χ4n) is 2.24. The minimum Gasteiger partial charge on any atom is -0.481 e. The van der Waals surface area contributed by atoms with Gasteiger partial charge in [-0.05, 0) is 30.4 Å². The average molecular weight is 206 g/mol. The Hall–Kier alpha value is -1.35. The van der Waals surface area contributed by atoms with Gasteiger partial charge < -0.3 is 10.2 Å². The monoisotopic (exact) mass is 206 g/mol. The number of aryl methyl sites for hydroxylation is 1. The van der Waals surface area contributed by atoms with Gasteiger partial charge in [0.05, 0.1) is 5.60 Å². The Morgan fingerprint density at radius 3 is 2.87 bits per heavy atom. The van der Waals surface area contributed by atoms with Crippen LogP contribution in [0.5, 0.6) is 0 Å². The molecule has 3 nitrogen and oxygen atoms in total. The van der Waals surface area contributed by atoms with E-state index in [1.165, 1.54) is 0 Å². The predicted octanol–water partition coefficient (Wildman–Crippen LogP) is 1.69. The minimum absolute atomic E-state index is 0.0187. The molecule has 1 aliphatic carbocycles. The van der Waals surface area contributed by atoms with Crippen LogP contribution in [0.1, 0.15) is 30.4 Å². The Kier molecular flexibility index (Phi) is 2.49. The standard InChI is InChI=1S/C12H14O3/c13-11(14)6-8-12(15)7-5-9-3-1-2-4-10(9)12/h1-4,15H,5-8H2,(H,13,14). The first-order chi connectivity index (χ1) is 7.12. The maximum atomic E-state index is 10.5. The van der Waals surface area contributed by atoms with Gasteiger partial charge >= 0.3 is 5.97 Å². The second-order valence-corrected chi connectivity index (χ2v) is 4.08. The summed E-state index contributed by atoms with van der Waals surface area (Å²) in [6.45, 7) is 0. The van der Waals surface area contributed by atoms with E-state index < -0.39 is 11.6 Å². The van der Waals surface area contributed by atoms with E-state index in [-0.39, 0.29) is 6.42 Å². The van der Waals surface area contributed by atoms with Crippen LogP contribution in [0.25, 0.3) is 0 Å². The summed E-state index contributed by atoms with van der Waals surface area (Å²) in [5.74, 6) is -0.854. The summed E-state index contributed by atoms with van der Waals surface area (Å²) in [6.07, 6.45) is 1.80. The van der Waals surface area contributed by atoms with Gasteiger partial charge in [0.2, 0.25) is 0 Å². The Morgan fingerprint density at radius 1 is 1.40 bits per heavy atom. The molecule has 2 rings (SSSR count). The zero-order valence-electron chi connectivity index (χ0n) is 8.44. The molecule has 0 heterocycles. The molecule has 0 saturated carbocycles. The molecule has 0 saturated heterocycles. The first kappa shape index (κ1) is 10.2. The van der Waals surface area contributed by atoms with Crippen molar-refractivity contribution in [2.45, 2.75) is 31.3 Å². The minimum atomic E-state index is -0.922. The highest BCUT2D eigenvalue weighted by molar-refractivity contribution is 5.66. The maximum absolute atomic E-state index is 10.5. The molecule has 1 aliphatic rings. The van der Waals surface area contributed by atoms with Gasteiger partial charge in [0.25, 0.3) is 0 Å². The molecular formula is C12H14O3. The van der Waals surface area contributed by atoms with Crippen molar-refractivity contribution < 1.29 is 15.0 Å². The molecule has 0 fully saturated rings. The smallest absolute Gasteiger partial charge is 0.303 e. The number of benzene rings is 1. The lowest BCUT2D eigenvalue weighted by molar-refractivity contribution is -0.138. The van der Waals surface area contributed by atoms with Gasteiger partial charge in [0.1, 0.15) is 0 Å². The third-order valence-electron chi connectivity index (χ3n) is 3.08. The average Bonchev–Trinajstić information content (AvgIpc) is 2.56. The van der Waals surface area contributed by atoms with Gasteiger partial charge in [-0.3, -0.25) is 4.79 Å². The van der Waals surface area contributed by atoms with E-state index in [4.69, 9.17) is 5.11 Å². The summed E-state index contributed by atoms with van der Waals surface area (Å²) >= 11 is 0. The molecular weight excluding hydrogens is 192 g/mol. The van der Waals surface area contributed by atoms with Crippen LogP contribution in [-0.2, 0) is 16.8 Å². The molecule has 0 spiro atoms. The molecule has 1 atom stereocenters. The van der Waals surface area contributed by atoms with Crippen LogP contribution in [0.3, 0.4) is 0 Å². The van der Waals surface area contributed by atoms with Crippen molar-refractivity contribution in [1.82, 2.24) is 0 Å². The van der Waals surface area contributed by atoms with Gasteiger partial charge in [0, 0.05) is 6.42 Å². The number of rotatable bonds is 3. The normalized spacial score (nSPS) is 23.8. The molecule has 3 heteroatoms. The summed E-state index contributed by atoms with van der Waals surface area (Å²) in [6, 6.07) is 7.72. The third kappa shape index (κ3) is 1.88. The van der Waals surface area contributed by atoms with E-state index in [0.29, 0.717) is 12.8 Å². The SMILES string of the molecule is O=C(O)CCC1(O)CCc2ccccc21. The van der Waals surface area contributed by atoms with Gasteiger partial charge in [-0.25, -0.2) is 0 Å². The molecule has 1 unspecified atom stereocenters. The Labute approximate surface area is 88.4 Å². The lowest BCUT2D eigenvalue weighted by atomic mass is 9.91. The predicted molar refractivity (Wildman–Crippen MR) is 55.5 cm³/mol. The number of hydrogen-bond acceptors (Lipinski definition) is 2. The summed E-state index contributed by atoms with van der Waals surface area (Å²) < 4.78 is 0. The number of carboxylic acids is 1. The van der Waals surface area contributed by atoms with Gasteiger partial charge in [-0.15, -0.1) is 0 Å². The Bertz CT molecular complexity index is 386. The summed E-state index contributed by atoms with van der Waals surface area (Å²) in [4.78, 5) is 10.5. The lowest BCUT2D eigenvalue weighted by Crippen LogP contribution is -2.23. The van der Waals surface area contributed by atoms with Crippen LogP contribution >= 0.6 is 0 Å². The summed E-state index contributed by atoms with van der Waals surface area (Å²) in [7, 11) is 0. The molecule has 15 heavy (non-hydrogen) atoms. The van der Waals surface area contributed by atoms with Crippen molar-refractivity contribution in [2.24, 2.45) is 0 Å². The van der Waals surface area contributed by atoms with E-state index in [1.54, 1.807) is 0 Å². The molecule has 0 amide bonds. The number of aliphatic carboxylic acids is 1. The van der Waals surface area contributed by atoms with Crippen LogP contribution < -0.4 is 0 Å². The zero-order valence-corrected chi connectivity index (χ0v) is 8.44. The molecule has 2 N–H and O–H groups in total. The summed E-state index contributed by atoms with van der Waals surface area (Å²) in [5.41, 5.74) is 1.13. The molecule has 0 radical (unpaired) electrons. The fourth-order valence-corrected chi connectivity index (χ4v) is 2.24. The Morgan fingerprint density at radius 2 is 2.13 bits per heavy atom. The van der Waals surface area contributed by atoms with Gasteiger partial charge in [-0.1, -0.05) is 24.3 Å². The largest absolute Gasteiger partial charge is 0.481 e. The molecule has 80 valence electrons. The first-order valence-corrected chi connectivity index (χ1v) is 5.14. The number of carbonyl (C=O) groups is 1. The van der Waals surface area contributed by atoms with Gasteiger partial charge in [0.15, 0.2) is 0 Å². The second kappa shape index (κ2) is 3.66. The van der Waals surface area contributed by atoms with Crippen molar-refractivity contribution in [3.63, 3.8) is 0 Å². The summed E-state index contributed by atoms with van der Waals surface area (Å²) in [5, 5.41) is 19.0. The van der Waals surface area contributed by atoms with Crippen molar-refractivity contribution >= 4 is 5.97 Å². The van der Waals surface area contributed by atoms with Crippen molar-refractivity contribution in [2.75, 3.05) is 0 Å². The molecule has 0 bridgehead atoms. The lowest BCUT2D eigenvalue weighted by Gasteiger charge is -2.23. The third-order valence-corrected chi connectivity index (χ3v) is 3.08. The quantitative estimate of drug-likeness (QED) is 0.791. The van der Waals surface area contributed by atoms with Crippen LogP contribution in [0.4, 0.5) is 0 Å². The number of carboxylic acid groups (broad SMARTS) is 1. The molecule has 1 aromatic rings. The van der Waals surface area contributed by atoms with Crippen LogP contribution in [0, 0.1) is 0 Å². The number of hydrogen-bond donors (Lipinski definition) is 2. The highest BCUT2D eigenvalue weighted by atomic mass is 16.4. The first-order valence-electron chi connectivity index (χ1n) is 5.14. The Balaban J connectivity index is 2.21.